The fourth-order valence-electron chi connectivity index (χ4n) is 1.98. The number of hydrogen-bond donors (Lipinski definition) is 0. The number of rotatable bonds is 5. The van der Waals surface area contributed by atoms with Crippen molar-refractivity contribution in [3.63, 3.8) is 0 Å². The van der Waals surface area contributed by atoms with Gasteiger partial charge in [-0.15, -0.1) is 0 Å². The first kappa shape index (κ1) is 15.0. The average molecular weight is 291 g/mol. The third-order valence-corrected chi connectivity index (χ3v) is 3.24. The van der Waals surface area contributed by atoms with Crippen molar-refractivity contribution in [1.82, 2.24) is 15.0 Å². The highest BCUT2D eigenvalue weighted by Gasteiger charge is 2.17. The molecule has 112 valence electrons. The van der Waals surface area contributed by atoms with Crippen LogP contribution in [0.15, 0.2) is 16.8 Å². The van der Waals surface area contributed by atoms with Crippen molar-refractivity contribution in [3.05, 3.63) is 23.5 Å². The summed E-state index contributed by atoms with van der Waals surface area (Å²) in [7, 11) is 1.33. The molecule has 2 aromatic rings. The molecule has 2 aromatic heterocycles. The van der Waals surface area contributed by atoms with Gasteiger partial charge in [0.25, 0.3) is 11.6 Å². The Morgan fingerprint density at radius 2 is 2.19 bits per heavy atom. The highest BCUT2D eigenvalue weighted by Crippen LogP contribution is 2.17. The Kier molecular flexibility index (Phi) is 4.52. The van der Waals surface area contributed by atoms with Gasteiger partial charge in [0, 0.05) is 19.3 Å². The number of carbonyl (C=O) groups excluding carboxylic acids is 2. The van der Waals surface area contributed by atoms with Gasteiger partial charge >= 0.3 is 5.97 Å². The first-order valence-electron chi connectivity index (χ1n) is 6.65. The van der Waals surface area contributed by atoms with Crippen LogP contribution >= 0.6 is 0 Å². The molecule has 0 saturated carbocycles. The summed E-state index contributed by atoms with van der Waals surface area (Å²) in [4.78, 5) is 29.3. The molecule has 7 heteroatoms. The molecular formula is C14H17N3O4. The van der Waals surface area contributed by atoms with E-state index in [4.69, 9.17) is 4.52 Å². The highest BCUT2D eigenvalue weighted by molar-refractivity contribution is 5.97. The summed E-state index contributed by atoms with van der Waals surface area (Å²) in [5, 5.41) is 4.52. The minimum atomic E-state index is -0.343. The molecule has 7 nitrogen and oxygen atoms in total. The van der Waals surface area contributed by atoms with Gasteiger partial charge in [-0.25, -0.2) is 4.98 Å². The van der Waals surface area contributed by atoms with Crippen LogP contribution in [0, 0.1) is 6.92 Å². The van der Waals surface area contributed by atoms with Crippen molar-refractivity contribution in [1.29, 1.82) is 0 Å². The summed E-state index contributed by atoms with van der Waals surface area (Å²) >= 11 is 0. The molecule has 0 aliphatic carbocycles. The maximum Gasteiger partial charge on any atom is 0.307 e. The van der Waals surface area contributed by atoms with Crippen LogP contribution < -0.4 is 0 Å². The quantitative estimate of drug-likeness (QED) is 0.777. The topological polar surface area (TPSA) is 85.5 Å². The monoisotopic (exact) mass is 291 g/mol. The molecule has 0 aliphatic heterocycles. The van der Waals surface area contributed by atoms with Crippen LogP contribution in [-0.4, -0.2) is 47.1 Å². The van der Waals surface area contributed by atoms with Crippen LogP contribution in [0.25, 0.3) is 11.1 Å². The zero-order valence-electron chi connectivity index (χ0n) is 12.3. The SMILES string of the molecule is CCN(CCC(=O)OC)C(=O)c1cnc2onc(C)c2c1. The molecule has 0 atom stereocenters. The number of nitrogens with zero attached hydrogens (tertiary/aromatic N) is 3. The van der Waals surface area contributed by atoms with E-state index >= 15 is 0 Å². The van der Waals surface area contributed by atoms with Crippen molar-refractivity contribution in [2.45, 2.75) is 20.3 Å². The number of amides is 1. The molecule has 21 heavy (non-hydrogen) atoms. The molecular weight excluding hydrogens is 274 g/mol. The van der Waals surface area contributed by atoms with Gasteiger partial charge in [0.2, 0.25) is 0 Å². The standard InChI is InChI=1S/C14H17N3O4/c1-4-17(6-5-12(18)20-3)14(19)10-7-11-9(2)16-21-13(11)15-8-10/h7-8H,4-6H2,1-3H3. The molecule has 0 spiro atoms. The number of pyridine rings is 1. The molecule has 0 fully saturated rings. The lowest BCUT2D eigenvalue weighted by atomic mass is 10.2. The molecule has 0 saturated heterocycles. The summed E-state index contributed by atoms with van der Waals surface area (Å²) in [6.07, 6.45) is 1.62. The van der Waals surface area contributed by atoms with Crippen molar-refractivity contribution in [3.8, 4) is 0 Å². The zero-order chi connectivity index (χ0) is 15.4. The second-order valence-electron chi connectivity index (χ2n) is 4.56. The first-order chi connectivity index (χ1) is 10.1. The van der Waals surface area contributed by atoms with Gasteiger partial charge in [0.05, 0.1) is 30.2 Å². The number of carbonyl (C=O) groups is 2. The summed E-state index contributed by atoms with van der Waals surface area (Å²) < 4.78 is 9.60. The molecule has 1 amide bonds. The minimum absolute atomic E-state index is 0.165. The van der Waals surface area contributed by atoms with E-state index in [1.165, 1.54) is 13.3 Å². The Labute approximate surface area is 121 Å². The van der Waals surface area contributed by atoms with Crippen molar-refractivity contribution < 1.29 is 18.8 Å². The lowest BCUT2D eigenvalue weighted by Crippen LogP contribution is -2.33. The van der Waals surface area contributed by atoms with Crippen molar-refractivity contribution in [2.24, 2.45) is 0 Å². The molecule has 2 rings (SSSR count). The van der Waals surface area contributed by atoms with Crippen LogP contribution in [0.4, 0.5) is 0 Å². The minimum Gasteiger partial charge on any atom is -0.469 e. The third-order valence-electron chi connectivity index (χ3n) is 3.24. The number of esters is 1. The number of fused-ring (bicyclic) bond motifs is 1. The molecule has 0 unspecified atom stereocenters. The summed E-state index contributed by atoms with van der Waals surface area (Å²) in [6, 6.07) is 1.71. The lowest BCUT2D eigenvalue weighted by Gasteiger charge is -2.20. The van der Waals surface area contributed by atoms with E-state index in [0.29, 0.717) is 35.4 Å². The number of hydrogen-bond acceptors (Lipinski definition) is 6. The first-order valence-corrected chi connectivity index (χ1v) is 6.65. The number of methoxy groups -OCH3 is 1. The van der Waals surface area contributed by atoms with E-state index in [1.807, 2.05) is 6.92 Å². The van der Waals surface area contributed by atoms with Gasteiger partial charge in [-0.2, -0.15) is 0 Å². The molecule has 0 aliphatic rings. The Morgan fingerprint density at radius 3 is 2.86 bits per heavy atom. The summed E-state index contributed by atoms with van der Waals surface area (Å²) in [5.41, 5.74) is 1.53. The predicted octanol–water partition coefficient (Wildman–Crippen LogP) is 1.56. The Bertz CT molecular complexity index is 665. The molecule has 0 N–H and O–H groups in total. The van der Waals surface area contributed by atoms with E-state index < -0.39 is 0 Å². The molecule has 0 bridgehead atoms. The Balaban J connectivity index is 2.18. The summed E-state index contributed by atoms with van der Waals surface area (Å²) in [5.74, 6) is -0.527. The predicted molar refractivity (Wildman–Crippen MR) is 74.8 cm³/mol. The largest absolute Gasteiger partial charge is 0.469 e. The van der Waals surface area contributed by atoms with E-state index in [1.54, 1.807) is 17.9 Å². The maximum absolute atomic E-state index is 12.4. The fraction of sp³-hybridized carbons (Fsp3) is 0.429. The van der Waals surface area contributed by atoms with E-state index in [0.717, 1.165) is 0 Å². The highest BCUT2D eigenvalue weighted by atomic mass is 16.5. The van der Waals surface area contributed by atoms with Gasteiger partial charge in [-0.3, -0.25) is 9.59 Å². The van der Waals surface area contributed by atoms with Crippen LogP contribution in [-0.2, 0) is 9.53 Å². The van der Waals surface area contributed by atoms with Crippen molar-refractivity contribution in [2.75, 3.05) is 20.2 Å². The van der Waals surface area contributed by atoms with Gasteiger partial charge in [-0.1, -0.05) is 5.16 Å². The van der Waals surface area contributed by atoms with Gasteiger partial charge in [0.15, 0.2) is 0 Å². The van der Waals surface area contributed by atoms with Gasteiger partial charge in [0.1, 0.15) is 0 Å². The molecule has 0 radical (unpaired) electrons. The fourth-order valence-corrected chi connectivity index (χ4v) is 1.98. The van der Waals surface area contributed by atoms with Gasteiger partial charge < -0.3 is 14.2 Å². The second-order valence-corrected chi connectivity index (χ2v) is 4.56. The number of aryl methyl sites for hydroxylation is 1. The van der Waals surface area contributed by atoms with Crippen LogP contribution in [0.3, 0.4) is 0 Å². The smallest absolute Gasteiger partial charge is 0.307 e. The van der Waals surface area contributed by atoms with Crippen LogP contribution in [0.2, 0.25) is 0 Å². The van der Waals surface area contributed by atoms with Gasteiger partial charge in [-0.05, 0) is 19.9 Å². The molecule has 0 aromatic carbocycles. The third kappa shape index (κ3) is 3.18. The lowest BCUT2D eigenvalue weighted by molar-refractivity contribution is -0.140. The van der Waals surface area contributed by atoms with E-state index in [9.17, 15) is 9.59 Å². The molecule has 2 heterocycles. The second kappa shape index (κ2) is 6.34. The summed E-state index contributed by atoms with van der Waals surface area (Å²) in [6.45, 7) is 4.45. The van der Waals surface area contributed by atoms with Crippen molar-refractivity contribution >= 4 is 23.0 Å². The van der Waals surface area contributed by atoms with E-state index in [-0.39, 0.29) is 18.3 Å². The average Bonchev–Trinajstić information content (AvgIpc) is 2.88. The Hall–Kier alpha value is -2.44. The maximum atomic E-state index is 12.4. The van der Waals surface area contributed by atoms with Crippen LogP contribution in [0.1, 0.15) is 29.4 Å². The van der Waals surface area contributed by atoms with Crippen LogP contribution in [0.5, 0.6) is 0 Å². The number of ether oxygens (including phenoxy) is 1. The Morgan fingerprint density at radius 1 is 1.43 bits per heavy atom. The zero-order valence-corrected chi connectivity index (χ0v) is 12.3. The normalized spacial score (nSPS) is 10.6. The van der Waals surface area contributed by atoms with E-state index in [2.05, 4.69) is 14.9 Å². The number of aromatic nitrogens is 2.